The first-order chi connectivity index (χ1) is 4.62. The minimum absolute atomic E-state index is 0.151. The van der Waals surface area contributed by atoms with Gasteiger partial charge in [0.1, 0.15) is 6.61 Å². The van der Waals surface area contributed by atoms with Crippen LogP contribution >= 0.6 is 0 Å². The van der Waals surface area contributed by atoms with Crippen LogP contribution in [0.4, 0.5) is 4.79 Å². The molecule has 0 spiro atoms. The molecule has 1 fully saturated rings. The summed E-state index contributed by atoms with van der Waals surface area (Å²) < 4.78 is 4.47. The molecule has 0 amide bonds. The summed E-state index contributed by atoms with van der Waals surface area (Å²) in [4.78, 5) is 9.96. The summed E-state index contributed by atoms with van der Waals surface area (Å²) in [6.45, 7) is 2.42. The first-order valence-corrected chi connectivity index (χ1v) is 3.48. The van der Waals surface area contributed by atoms with Gasteiger partial charge in [-0.2, -0.15) is 0 Å². The number of hydrogen-bond donors (Lipinski definition) is 1. The molecule has 0 aromatic heterocycles. The van der Waals surface area contributed by atoms with Crippen molar-refractivity contribution >= 4 is 6.16 Å². The van der Waals surface area contributed by atoms with Crippen LogP contribution in [0, 0.1) is 5.41 Å². The summed E-state index contributed by atoms with van der Waals surface area (Å²) in [7, 11) is 0. The smallest absolute Gasteiger partial charge is 0.450 e. The highest BCUT2D eigenvalue weighted by Gasteiger charge is 2.32. The van der Waals surface area contributed by atoms with E-state index in [1.165, 1.54) is 6.42 Å². The van der Waals surface area contributed by atoms with Crippen molar-refractivity contribution in [2.24, 2.45) is 5.41 Å². The molecule has 1 N–H and O–H groups in total. The SMILES string of the molecule is CC1(COC(=O)O)CCC1. The van der Waals surface area contributed by atoms with E-state index in [-0.39, 0.29) is 5.41 Å². The molecular weight excluding hydrogens is 132 g/mol. The van der Waals surface area contributed by atoms with Gasteiger partial charge in [0.15, 0.2) is 0 Å². The van der Waals surface area contributed by atoms with Crippen LogP contribution in [0.5, 0.6) is 0 Å². The van der Waals surface area contributed by atoms with Crippen LogP contribution < -0.4 is 0 Å². The number of ether oxygens (including phenoxy) is 1. The molecule has 0 radical (unpaired) electrons. The molecular formula is C7H12O3. The summed E-state index contributed by atoms with van der Waals surface area (Å²) in [5.74, 6) is 0. The van der Waals surface area contributed by atoms with Crippen LogP contribution in [0.15, 0.2) is 0 Å². The van der Waals surface area contributed by atoms with Crippen molar-refractivity contribution in [3.05, 3.63) is 0 Å². The summed E-state index contributed by atoms with van der Waals surface area (Å²) in [6, 6.07) is 0. The van der Waals surface area contributed by atoms with Gasteiger partial charge in [-0.1, -0.05) is 13.3 Å². The maximum Gasteiger partial charge on any atom is 0.505 e. The molecule has 3 heteroatoms. The van der Waals surface area contributed by atoms with Gasteiger partial charge in [0.05, 0.1) is 0 Å². The Bertz CT molecular complexity index is 138. The Kier molecular flexibility index (Phi) is 1.83. The Hall–Kier alpha value is -0.730. The lowest BCUT2D eigenvalue weighted by atomic mass is 9.71. The summed E-state index contributed by atoms with van der Waals surface area (Å²) >= 11 is 0. The van der Waals surface area contributed by atoms with Gasteiger partial charge in [-0.25, -0.2) is 4.79 Å². The lowest BCUT2D eigenvalue weighted by molar-refractivity contribution is 0.0171. The fraction of sp³-hybridized carbons (Fsp3) is 0.857. The highest BCUT2D eigenvalue weighted by Crippen LogP contribution is 2.40. The van der Waals surface area contributed by atoms with Gasteiger partial charge in [-0.3, -0.25) is 0 Å². The fourth-order valence-corrected chi connectivity index (χ4v) is 1.16. The normalized spacial score (nSPS) is 21.3. The van der Waals surface area contributed by atoms with E-state index in [2.05, 4.69) is 11.7 Å². The van der Waals surface area contributed by atoms with E-state index in [0.29, 0.717) is 6.61 Å². The molecule has 0 heterocycles. The molecule has 0 bridgehead atoms. The molecule has 0 unspecified atom stereocenters. The van der Waals surface area contributed by atoms with E-state index in [1.54, 1.807) is 0 Å². The number of carbonyl (C=O) groups is 1. The van der Waals surface area contributed by atoms with Crippen molar-refractivity contribution < 1.29 is 14.6 Å². The molecule has 3 nitrogen and oxygen atoms in total. The summed E-state index contributed by atoms with van der Waals surface area (Å²) in [5.41, 5.74) is 0.151. The highest BCUT2D eigenvalue weighted by molar-refractivity contribution is 5.56. The minimum atomic E-state index is -1.16. The fourth-order valence-electron chi connectivity index (χ4n) is 1.16. The predicted octanol–water partition coefficient (Wildman–Crippen LogP) is 1.87. The van der Waals surface area contributed by atoms with E-state index in [9.17, 15) is 4.79 Å². The topological polar surface area (TPSA) is 46.5 Å². The average Bonchev–Trinajstić information content (AvgIpc) is 1.79. The van der Waals surface area contributed by atoms with Gasteiger partial charge in [-0.15, -0.1) is 0 Å². The third kappa shape index (κ3) is 1.62. The van der Waals surface area contributed by atoms with Crippen LogP contribution in [0.25, 0.3) is 0 Å². The van der Waals surface area contributed by atoms with E-state index in [4.69, 9.17) is 5.11 Å². The van der Waals surface area contributed by atoms with Crippen molar-refractivity contribution in [1.29, 1.82) is 0 Å². The van der Waals surface area contributed by atoms with E-state index in [1.807, 2.05) is 0 Å². The number of carboxylic acid groups (broad SMARTS) is 1. The average molecular weight is 144 g/mol. The van der Waals surface area contributed by atoms with Gasteiger partial charge in [-0.05, 0) is 12.8 Å². The Labute approximate surface area is 60.0 Å². The third-order valence-corrected chi connectivity index (χ3v) is 2.10. The molecule has 0 atom stereocenters. The Morgan fingerprint density at radius 2 is 2.30 bits per heavy atom. The zero-order chi connectivity index (χ0) is 7.61. The van der Waals surface area contributed by atoms with Crippen molar-refractivity contribution in [2.45, 2.75) is 26.2 Å². The monoisotopic (exact) mass is 144 g/mol. The lowest BCUT2D eigenvalue weighted by Gasteiger charge is -2.36. The number of rotatable bonds is 2. The van der Waals surface area contributed by atoms with Gasteiger partial charge in [0.2, 0.25) is 0 Å². The Balaban J connectivity index is 2.18. The molecule has 10 heavy (non-hydrogen) atoms. The largest absolute Gasteiger partial charge is 0.505 e. The standard InChI is InChI=1S/C7H12O3/c1-7(3-2-4-7)5-10-6(8)9/h2-5H2,1H3,(H,8,9). The first-order valence-electron chi connectivity index (χ1n) is 3.48. The zero-order valence-corrected chi connectivity index (χ0v) is 6.09. The van der Waals surface area contributed by atoms with Crippen LogP contribution in [-0.4, -0.2) is 17.9 Å². The van der Waals surface area contributed by atoms with Crippen molar-refractivity contribution in [3.8, 4) is 0 Å². The molecule has 0 aliphatic heterocycles. The molecule has 0 aromatic carbocycles. The van der Waals surface area contributed by atoms with Crippen molar-refractivity contribution in [3.63, 3.8) is 0 Å². The van der Waals surface area contributed by atoms with Gasteiger partial charge >= 0.3 is 6.16 Å². The molecule has 1 rings (SSSR count). The minimum Gasteiger partial charge on any atom is -0.450 e. The predicted molar refractivity (Wildman–Crippen MR) is 35.9 cm³/mol. The maximum absolute atomic E-state index is 9.96. The number of hydrogen-bond acceptors (Lipinski definition) is 2. The molecule has 1 aliphatic carbocycles. The van der Waals surface area contributed by atoms with Gasteiger partial charge in [0, 0.05) is 5.41 Å². The molecule has 1 aliphatic rings. The van der Waals surface area contributed by atoms with Gasteiger partial charge < -0.3 is 9.84 Å². The van der Waals surface area contributed by atoms with Crippen molar-refractivity contribution in [1.82, 2.24) is 0 Å². The molecule has 58 valence electrons. The highest BCUT2D eigenvalue weighted by atomic mass is 16.7. The Morgan fingerprint density at radius 3 is 2.60 bits per heavy atom. The zero-order valence-electron chi connectivity index (χ0n) is 6.09. The molecule has 0 saturated heterocycles. The quantitative estimate of drug-likeness (QED) is 0.602. The van der Waals surface area contributed by atoms with E-state index >= 15 is 0 Å². The first kappa shape index (κ1) is 7.38. The summed E-state index contributed by atoms with van der Waals surface area (Å²) in [5, 5.41) is 8.17. The van der Waals surface area contributed by atoms with Crippen LogP contribution in [0.2, 0.25) is 0 Å². The van der Waals surface area contributed by atoms with Crippen molar-refractivity contribution in [2.75, 3.05) is 6.61 Å². The second-order valence-electron chi connectivity index (χ2n) is 3.22. The van der Waals surface area contributed by atoms with E-state index < -0.39 is 6.16 Å². The third-order valence-electron chi connectivity index (χ3n) is 2.10. The summed E-state index contributed by atoms with van der Waals surface area (Å²) in [6.07, 6.45) is 2.24. The maximum atomic E-state index is 9.96. The second-order valence-corrected chi connectivity index (χ2v) is 3.22. The molecule has 1 saturated carbocycles. The van der Waals surface area contributed by atoms with Crippen LogP contribution in [0.1, 0.15) is 26.2 Å². The van der Waals surface area contributed by atoms with Gasteiger partial charge in [0.25, 0.3) is 0 Å². The molecule has 0 aromatic rings. The second kappa shape index (κ2) is 2.48. The Morgan fingerprint density at radius 1 is 1.70 bits per heavy atom. The van der Waals surface area contributed by atoms with Crippen LogP contribution in [-0.2, 0) is 4.74 Å². The van der Waals surface area contributed by atoms with E-state index in [0.717, 1.165) is 12.8 Å². The van der Waals surface area contributed by atoms with Crippen LogP contribution in [0.3, 0.4) is 0 Å². The lowest BCUT2D eigenvalue weighted by Crippen LogP contribution is -2.31.